The molecule has 0 aliphatic carbocycles. The minimum absolute atomic E-state index is 0.0264. The van der Waals surface area contributed by atoms with Crippen LogP contribution in [0.2, 0.25) is 0 Å². The van der Waals surface area contributed by atoms with Crippen molar-refractivity contribution in [3.8, 4) is 5.75 Å². The Balaban J connectivity index is 1.92. The maximum absolute atomic E-state index is 12.5. The monoisotopic (exact) mass is 293 g/mol. The highest BCUT2D eigenvalue weighted by Crippen LogP contribution is 2.27. The quantitative estimate of drug-likeness (QED) is 0.795. The van der Waals surface area contributed by atoms with Gasteiger partial charge in [0, 0.05) is 18.0 Å². The van der Waals surface area contributed by atoms with E-state index in [4.69, 9.17) is 4.74 Å². The van der Waals surface area contributed by atoms with E-state index in [1.165, 1.54) is 12.8 Å². The molecule has 4 heteroatoms. The Labute approximate surface area is 125 Å². The number of thioether (sulfide) groups is 1. The molecule has 1 aliphatic heterocycles. The lowest BCUT2D eigenvalue weighted by Gasteiger charge is -2.23. The number of ether oxygens (including phenoxy) is 1. The minimum Gasteiger partial charge on any atom is -0.497 e. The van der Waals surface area contributed by atoms with Crippen LogP contribution in [0.3, 0.4) is 0 Å². The number of nitrogens with zero attached hydrogens (tertiary/aromatic N) is 1. The molecule has 1 fully saturated rings. The first-order valence-electron chi connectivity index (χ1n) is 7.30. The van der Waals surface area contributed by atoms with Crippen LogP contribution in [-0.4, -0.2) is 36.3 Å². The van der Waals surface area contributed by atoms with Crippen molar-refractivity contribution < 1.29 is 9.53 Å². The van der Waals surface area contributed by atoms with E-state index in [1.54, 1.807) is 18.9 Å². The van der Waals surface area contributed by atoms with Gasteiger partial charge in [0.2, 0.25) is 5.91 Å². The van der Waals surface area contributed by atoms with Gasteiger partial charge in [-0.3, -0.25) is 4.79 Å². The van der Waals surface area contributed by atoms with Gasteiger partial charge in [-0.2, -0.15) is 0 Å². The van der Waals surface area contributed by atoms with Gasteiger partial charge in [-0.1, -0.05) is 12.8 Å². The first kappa shape index (κ1) is 15.2. The number of carbonyl (C=O) groups excluding carboxylic acids is 1. The molecule has 1 saturated heterocycles. The summed E-state index contributed by atoms with van der Waals surface area (Å²) in [4.78, 5) is 15.6. The molecule has 0 N–H and O–H groups in total. The minimum atomic E-state index is -0.0264. The highest BCUT2D eigenvalue weighted by molar-refractivity contribution is 8.00. The molecule has 1 unspecified atom stereocenters. The van der Waals surface area contributed by atoms with Crippen molar-refractivity contribution in [2.45, 2.75) is 42.8 Å². The predicted molar refractivity (Wildman–Crippen MR) is 83.4 cm³/mol. The number of carbonyl (C=O) groups is 1. The van der Waals surface area contributed by atoms with Gasteiger partial charge in [-0.25, -0.2) is 0 Å². The Morgan fingerprint density at radius 1 is 1.15 bits per heavy atom. The molecule has 1 heterocycles. The molecule has 1 amide bonds. The van der Waals surface area contributed by atoms with E-state index in [9.17, 15) is 4.79 Å². The highest BCUT2D eigenvalue weighted by Gasteiger charge is 2.22. The number of likely N-dealkylation sites (tertiary alicyclic amines) is 1. The Hall–Kier alpha value is -1.16. The van der Waals surface area contributed by atoms with E-state index in [1.807, 2.05) is 36.1 Å². The highest BCUT2D eigenvalue weighted by atomic mass is 32.2. The summed E-state index contributed by atoms with van der Waals surface area (Å²) in [6, 6.07) is 7.89. The fourth-order valence-corrected chi connectivity index (χ4v) is 3.41. The van der Waals surface area contributed by atoms with Crippen LogP contribution in [0.1, 0.15) is 32.6 Å². The van der Waals surface area contributed by atoms with Crippen LogP contribution in [0.5, 0.6) is 5.75 Å². The van der Waals surface area contributed by atoms with Gasteiger partial charge in [0.05, 0.1) is 12.4 Å². The molecular weight excluding hydrogens is 270 g/mol. The third-order valence-corrected chi connectivity index (χ3v) is 4.74. The van der Waals surface area contributed by atoms with Crippen LogP contribution >= 0.6 is 11.8 Å². The van der Waals surface area contributed by atoms with Crippen LogP contribution in [0.15, 0.2) is 29.2 Å². The van der Waals surface area contributed by atoms with Crippen molar-refractivity contribution in [1.29, 1.82) is 0 Å². The van der Waals surface area contributed by atoms with Crippen LogP contribution < -0.4 is 4.74 Å². The average molecular weight is 293 g/mol. The molecule has 20 heavy (non-hydrogen) atoms. The summed E-state index contributed by atoms with van der Waals surface area (Å²) in [6.07, 6.45) is 4.80. The molecule has 0 bridgehead atoms. The molecule has 0 saturated carbocycles. The third kappa shape index (κ3) is 4.17. The van der Waals surface area contributed by atoms with Gasteiger partial charge in [-0.05, 0) is 44.0 Å². The van der Waals surface area contributed by atoms with Crippen LogP contribution in [-0.2, 0) is 4.79 Å². The largest absolute Gasteiger partial charge is 0.497 e. The Morgan fingerprint density at radius 3 is 2.30 bits per heavy atom. The Morgan fingerprint density at radius 2 is 1.75 bits per heavy atom. The zero-order chi connectivity index (χ0) is 14.4. The normalized spacial score (nSPS) is 17.4. The maximum Gasteiger partial charge on any atom is 0.235 e. The van der Waals surface area contributed by atoms with E-state index in [-0.39, 0.29) is 11.2 Å². The fourth-order valence-electron chi connectivity index (χ4n) is 2.46. The standard InChI is InChI=1S/C16H23NO2S/c1-13(16(18)17-11-5-3-4-6-12-17)20-15-9-7-14(19-2)8-10-15/h7-10,13H,3-6,11-12H2,1-2H3. The van der Waals surface area contributed by atoms with Gasteiger partial charge in [0.1, 0.15) is 5.75 Å². The van der Waals surface area contributed by atoms with Crippen LogP contribution in [0.4, 0.5) is 0 Å². The van der Waals surface area contributed by atoms with Crippen molar-refractivity contribution in [2.24, 2.45) is 0 Å². The Kier molecular flexibility index (Phi) is 5.77. The second-order valence-electron chi connectivity index (χ2n) is 5.18. The fraction of sp³-hybridized carbons (Fsp3) is 0.562. The SMILES string of the molecule is COc1ccc(SC(C)C(=O)N2CCCCCC2)cc1. The van der Waals surface area contributed by atoms with E-state index in [0.717, 1.165) is 36.6 Å². The van der Waals surface area contributed by atoms with Crippen molar-refractivity contribution >= 4 is 17.7 Å². The van der Waals surface area contributed by atoms with Gasteiger partial charge in [0.15, 0.2) is 0 Å². The molecule has 2 rings (SSSR count). The zero-order valence-corrected chi connectivity index (χ0v) is 13.1. The number of hydrogen-bond acceptors (Lipinski definition) is 3. The summed E-state index contributed by atoms with van der Waals surface area (Å²) in [5.74, 6) is 1.12. The number of rotatable bonds is 4. The van der Waals surface area contributed by atoms with Crippen LogP contribution in [0.25, 0.3) is 0 Å². The molecule has 0 aromatic heterocycles. The molecule has 1 aromatic carbocycles. The summed E-state index contributed by atoms with van der Waals surface area (Å²) in [5.41, 5.74) is 0. The Bertz CT molecular complexity index is 425. The van der Waals surface area contributed by atoms with Gasteiger partial charge in [-0.15, -0.1) is 11.8 Å². The summed E-state index contributed by atoms with van der Waals surface area (Å²) in [7, 11) is 1.66. The van der Waals surface area contributed by atoms with E-state index < -0.39 is 0 Å². The van der Waals surface area contributed by atoms with Crippen LogP contribution in [0, 0.1) is 0 Å². The molecule has 3 nitrogen and oxygen atoms in total. The van der Waals surface area contributed by atoms with Crippen molar-refractivity contribution in [3.63, 3.8) is 0 Å². The van der Waals surface area contributed by atoms with Crippen molar-refractivity contribution in [2.75, 3.05) is 20.2 Å². The lowest BCUT2D eigenvalue weighted by atomic mass is 10.2. The topological polar surface area (TPSA) is 29.5 Å². The number of benzene rings is 1. The predicted octanol–water partition coefficient (Wildman–Crippen LogP) is 3.58. The van der Waals surface area contributed by atoms with E-state index in [0.29, 0.717) is 0 Å². The van der Waals surface area contributed by atoms with Gasteiger partial charge in [0.25, 0.3) is 0 Å². The molecule has 1 aromatic rings. The third-order valence-electron chi connectivity index (χ3n) is 3.64. The molecule has 1 aliphatic rings. The van der Waals surface area contributed by atoms with Crippen molar-refractivity contribution in [3.05, 3.63) is 24.3 Å². The molecule has 0 radical (unpaired) electrons. The van der Waals surface area contributed by atoms with E-state index in [2.05, 4.69) is 0 Å². The first-order chi connectivity index (χ1) is 9.70. The number of amides is 1. The second-order valence-corrected chi connectivity index (χ2v) is 6.59. The first-order valence-corrected chi connectivity index (χ1v) is 8.18. The zero-order valence-electron chi connectivity index (χ0n) is 12.3. The van der Waals surface area contributed by atoms with Gasteiger partial charge >= 0.3 is 0 Å². The molecule has 1 atom stereocenters. The summed E-state index contributed by atoms with van der Waals surface area (Å²) in [6.45, 7) is 3.85. The molecular formula is C16H23NO2S. The maximum atomic E-state index is 12.5. The van der Waals surface area contributed by atoms with Gasteiger partial charge < -0.3 is 9.64 Å². The number of methoxy groups -OCH3 is 1. The lowest BCUT2D eigenvalue weighted by Crippen LogP contribution is -2.37. The lowest BCUT2D eigenvalue weighted by molar-refractivity contribution is -0.130. The summed E-state index contributed by atoms with van der Waals surface area (Å²) >= 11 is 1.62. The van der Waals surface area contributed by atoms with E-state index >= 15 is 0 Å². The molecule has 110 valence electrons. The smallest absolute Gasteiger partial charge is 0.235 e. The average Bonchev–Trinajstić information content (AvgIpc) is 2.76. The van der Waals surface area contributed by atoms with Crippen molar-refractivity contribution in [1.82, 2.24) is 4.90 Å². The summed E-state index contributed by atoms with van der Waals surface area (Å²) < 4.78 is 5.15. The summed E-state index contributed by atoms with van der Waals surface area (Å²) in [5, 5.41) is -0.0264. The number of hydrogen-bond donors (Lipinski definition) is 0. The second kappa shape index (κ2) is 7.58. The molecule has 0 spiro atoms.